The molecule has 3 rings (SSSR count). The lowest BCUT2D eigenvalue weighted by atomic mass is 10.1. The molecule has 0 saturated carbocycles. The molecule has 1 aliphatic heterocycles. The van der Waals surface area contributed by atoms with E-state index in [0.717, 1.165) is 11.3 Å². The van der Waals surface area contributed by atoms with Gasteiger partial charge in [0.1, 0.15) is 6.04 Å². The van der Waals surface area contributed by atoms with Crippen molar-refractivity contribution in [1.82, 2.24) is 0 Å². The van der Waals surface area contributed by atoms with Crippen molar-refractivity contribution >= 4 is 34.8 Å². The molecule has 1 atom stereocenters. The highest BCUT2D eigenvalue weighted by molar-refractivity contribution is 6.30. The monoisotopic (exact) mass is 314 g/mol. The van der Waals surface area contributed by atoms with Crippen LogP contribution in [0.25, 0.3) is 0 Å². The number of rotatable bonds is 2. The van der Waals surface area contributed by atoms with Gasteiger partial charge in [0.05, 0.1) is 0 Å². The summed E-state index contributed by atoms with van der Waals surface area (Å²) >= 11 is 5.84. The molecule has 0 aromatic heterocycles. The van der Waals surface area contributed by atoms with Crippen LogP contribution in [-0.2, 0) is 16.0 Å². The highest BCUT2D eigenvalue weighted by Crippen LogP contribution is 2.32. The molecule has 0 spiro atoms. The highest BCUT2D eigenvalue weighted by Gasteiger charge is 2.36. The van der Waals surface area contributed by atoms with Gasteiger partial charge in [-0.2, -0.15) is 0 Å². The molecule has 2 aromatic carbocycles. The molecule has 0 fully saturated rings. The Balaban J connectivity index is 1.83. The van der Waals surface area contributed by atoms with Crippen LogP contribution in [0.15, 0.2) is 48.5 Å². The Hall–Kier alpha value is -2.33. The van der Waals surface area contributed by atoms with Crippen molar-refractivity contribution in [3.8, 4) is 0 Å². The highest BCUT2D eigenvalue weighted by atomic mass is 35.5. The topological polar surface area (TPSA) is 49.4 Å². The molecule has 0 saturated heterocycles. The van der Waals surface area contributed by atoms with Gasteiger partial charge in [0.25, 0.3) is 0 Å². The van der Waals surface area contributed by atoms with Gasteiger partial charge >= 0.3 is 0 Å². The van der Waals surface area contributed by atoms with Crippen molar-refractivity contribution in [2.45, 2.75) is 19.4 Å². The number of para-hydroxylation sites is 1. The Morgan fingerprint density at radius 3 is 2.50 bits per heavy atom. The molecule has 5 heteroatoms. The van der Waals surface area contributed by atoms with Crippen LogP contribution in [0, 0.1) is 0 Å². The van der Waals surface area contributed by atoms with Gasteiger partial charge in [-0.05, 0) is 35.9 Å². The van der Waals surface area contributed by atoms with Gasteiger partial charge < -0.3 is 5.32 Å². The summed E-state index contributed by atoms with van der Waals surface area (Å²) in [5.74, 6) is -0.338. The Morgan fingerprint density at radius 2 is 1.82 bits per heavy atom. The number of anilines is 2. The van der Waals surface area contributed by atoms with Crippen LogP contribution in [0.5, 0.6) is 0 Å². The van der Waals surface area contributed by atoms with E-state index in [2.05, 4.69) is 5.32 Å². The summed E-state index contributed by atoms with van der Waals surface area (Å²) in [6.07, 6.45) is 0.523. The number of carbonyl (C=O) groups excluding carboxylic acids is 2. The normalized spacial score (nSPS) is 16.3. The van der Waals surface area contributed by atoms with Crippen LogP contribution < -0.4 is 10.2 Å². The Morgan fingerprint density at radius 1 is 1.14 bits per heavy atom. The van der Waals surface area contributed by atoms with Gasteiger partial charge in [0, 0.05) is 29.7 Å². The van der Waals surface area contributed by atoms with Crippen LogP contribution in [0.3, 0.4) is 0 Å². The first-order chi connectivity index (χ1) is 10.6. The first-order valence-electron chi connectivity index (χ1n) is 7.00. The van der Waals surface area contributed by atoms with Crippen LogP contribution in [-0.4, -0.2) is 17.9 Å². The summed E-state index contributed by atoms with van der Waals surface area (Å²) in [6.45, 7) is 1.48. The number of benzene rings is 2. The molecule has 0 aliphatic carbocycles. The molecule has 2 aromatic rings. The number of amides is 2. The number of nitrogens with zero attached hydrogens (tertiary/aromatic N) is 1. The fraction of sp³-hybridized carbons (Fsp3) is 0.176. The molecular formula is C17H15ClN2O2. The third-order valence-electron chi connectivity index (χ3n) is 3.73. The number of halogens is 1. The number of nitrogens with one attached hydrogen (secondary N) is 1. The summed E-state index contributed by atoms with van der Waals surface area (Å²) in [5, 5.41) is 3.45. The molecular weight excluding hydrogens is 300 g/mol. The van der Waals surface area contributed by atoms with Crippen LogP contribution in [0.2, 0.25) is 5.02 Å². The first kappa shape index (κ1) is 14.6. The van der Waals surface area contributed by atoms with E-state index in [1.165, 1.54) is 6.92 Å². The van der Waals surface area contributed by atoms with E-state index in [9.17, 15) is 9.59 Å². The average molecular weight is 315 g/mol. The molecule has 1 unspecified atom stereocenters. The molecule has 1 aliphatic rings. The van der Waals surface area contributed by atoms with Crippen LogP contribution >= 0.6 is 11.6 Å². The van der Waals surface area contributed by atoms with Crippen LogP contribution in [0.1, 0.15) is 12.5 Å². The predicted molar refractivity (Wildman–Crippen MR) is 87.2 cm³/mol. The minimum Gasteiger partial charge on any atom is -0.324 e. The van der Waals surface area contributed by atoms with E-state index >= 15 is 0 Å². The number of fused-ring (bicyclic) bond motifs is 1. The second kappa shape index (κ2) is 5.81. The smallest absolute Gasteiger partial charge is 0.247 e. The first-order valence-corrected chi connectivity index (χ1v) is 7.38. The molecule has 1 N–H and O–H groups in total. The van der Waals surface area contributed by atoms with Gasteiger partial charge in [-0.1, -0.05) is 29.8 Å². The van der Waals surface area contributed by atoms with Crippen molar-refractivity contribution in [3.05, 3.63) is 59.1 Å². The number of carbonyl (C=O) groups is 2. The second-order valence-electron chi connectivity index (χ2n) is 5.23. The van der Waals surface area contributed by atoms with Crippen molar-refractivity contribution in [3.63, 3.8) is 0 Å². The quantitative estimate of drug-likeness (QED) is 0.925. The zero-order chi connectivity index (χ0) is 15.7. The molecule has 4 nitrogen and oxygen atoms in total. The summed E-state index contributed by atoms with van der Waals surface area (Å²) in [7, 11) is 0. The molecule has 22 heavy (non-hydrogen) atoms. The Labute approximate surface area is 133 Å². The molecule has 2 amide bonds. The summed E-state index contributed by atoms with van der Waals surface area (Å²) < 4.78 is 0. The summed E-state index contributed by atoms with van der Waals surface area (Å²) in [6, 6.07) is 14.0. The molecule has 0 radical (unpaired) electrons. The summed E-state index contributed by atoms with van der Waals surface area (Å²) in [4.78, 5) is 26.1. The van der Waals surface area contributed by atoms with Crippen molar-refractivity contribution in [1.29, 1.82) is 0 Å². The van der Waals surface area contributed by atoms with Gasteiger partial charge in [-0.3, -0.25) is 14.5 Å². The van der Waals surface area contributed by atoms with Crippen molar-refractivity contribution < 1.29 is 9.59 Å². The molecule has 112 valence electrons. The fourth-order valence-electron chi connectivity index (χ4n) is 2.74. The Kier molecular flexibility index (Phi) is 3.86. The van der Waals surface area contributed by atoms with E-state index in [1.807, 2.05) is 24.3 Å². The third-order valence-corrected chi connectivity index (χ3v) is 3.98. The predicted octanol–water partition coefficient (Wildman–Crippen LogP) is 3.26. The van der Waals surface area contributed by atoms with E-state index < -0.39 is 6.04 Å². The maximum Gasteiger partial charge on any atom is 0.247 e. The lowest BCUT2D eigenvalue weighted by molar-refractivity contribution is -0.122. The zero-order valence-electron chi connectivity index (χ0n) is 12.0. The van der Waals surface area contributed by atoms with E-state index in [-0.39, 0.29) is 11.8 Å². The largest absolute Gasteiger partial charge is 0.324 e. The SMILES string of the molecule is CC(=O)N1c2ccccc2CC1C(=O)Nc1ccc(Cl)cc1. The maximum absolute atomic E-state index is 12.5. The summed E-state index contributed by atoms with van der Waals surface area (Å²) in [5.41, 5.74) is 2.48. The van der Waals surface area contributed by atoms with Gasteiger partial charge in [-0.25, -0.2) is 0 Å². The van der Waals surface area contributed by atoms with Crippen molar-refractivity contribution in [2.75, 3.05) is 10.2 Å². The molecule has 0 bridgehead atoms. The average Bonchev–Trinajstić information content (AvgIpc) is 2.89. The van der Waals surface area contributed by atoms with Gasteiger partial charge in [0.15, 0.2) is 0 Å². The third kappa shape index (κ3) is 2.70. The van der Waals surface area contributed by atoms with E-state index in [0.29, 0.717) is 17.1 Å². The Bertz CT molecular complexity index is 728. The standard InChI is InChI=1S/C17H15ClN2O2/c1-11(21)20-15-5-3-2-4-12(15)10-16(20)17(22)19-14-8-6-13(18)7-9-14/h2-9,16H,10H2,1H3,(H,19,22). The lowest BCUT2D eigenvalue weighted by Gasteiger charge is -2.23. The van der Waals surface area contributed by atoms with Gasteiger partial charge in [-0.15, -0.1) is 0 Å². The lowest BCUT2D eigenvalue weighted by Crippen LogP contribution is -2.44. The fourth-order valence-corrected chi connectivity index (χ4v) is 2.87. The van der Waals surface area contributed by atoms with E-state index in [4.69, 9.17) is 11.6 Å². The van der Waals surface area contributed by atoms with Gasteiger partial charge in [0.2, 0.25) is 11.8 Å². The number of hydrogen-bond acceptors (Lipinski definition) is 2. The maximum atomic E-state index is 12.5. The second-order valence-corrected chi connectivity index (χ2v) is 5.67. The number of hydrogen-bond donors (Lipinski definition) is 1. The minimum atomic E-state index is -0.523. The van der Waals surface area contributed by atoms with E-state index in [1.54, 1.807) is 29.2 Å². The van der Waals surface area contributed by atoms with Crippen LogP contribution in [0.4, 0.5) is 11.4 Å². The molecule has 1 heterocycles. The zero-order valence-corrected chi connectivity index (χ0v) is 12.8. The minimum absolute atomic E-state index is 0.138. The van der Waals surface area contributed by atoms with Crippen molar-refractivity contribution in [2.24, 2.45) is 0 Å².